The van der Waals surface area contributed by atoms with Crippen LogP contribution in [0.4, 0.5) is 5.69 Å². The molecule has 1 aliphatic heterocycles. The van der Waals surface area contributed by atoms with Gasteiger partial charge in [-0.15, -0.1) is 0 Å². The minimum Gasteiger partial charge on any atom is -0.508 e. The lowest BCUT2D eigenvalue weighted by Gasteiger charge is -2.26. The second-order valence-corrected chi connectivity index (χ2v) is 4.33. The Morgan fingerprint density at radius 3 is 2.71 bits per heavy atom. The van der Waals surface area contributed by atoms with Gasteiger partial charge in [0.15, 0.2) is 0 Å². The van der Waals surface area contributed by atoms with Crippen LogP contribution in [0.15, 0.2) is 24.3 Å². The molecule has 4 heteroatoms. The highest BCUT2D eigenvalue weighted by molar-refractivity contribution is 5.94. The van der Waals surface area contributed by atoms with Crippen LogP contribution in [0.2, 0.25) is 0 Å². The number of carbonyl (C=O) groups is 1. The SMILES string of the molecule is CN(C(=O)C1CCCOC1)c1ccc(O)cc1. The number of aromatic hydroxyl groups is 1. The van der Waals surface area contributed by atoms with Crippen LogP contribution >= 0.6 is 0 Å². The van der Waals surface area contributed by atoms with Gasteiger partial charge < -0.3 is 14.7 Å². The molecule has 0 bridgehead atoms. The van der Waals surface area contributed by atoms with Crippen LogP contribution in [-0.2, 0) is 9.53 Å². The molecule has 4 nitrogen and oxygen atoms in total. The van der Waals surface area contributed by atoms with Crippen molar-refractivity contribution in [1.29, 1.82) is 0 Å². The van der Waals surface area contributed by atoms with Gasteiger partial charge in [-0.05, 0) is 37.1 Å². The number of rotatable bonds is 2. The lowest BCUT2D eigenvalue weighted by Crippen LogP contribution is -2.37. The van der Waals surface area contributed by atoms with Crippen molar-refractivity contribution in [3.05, 3.63) is 24.3 Å². The Morgan fingerprint density at radius 1 is 1.41 bits per heavy atom. The van der Waals surface area contributed by atoms with E-state index >= 15 is 0 Å². The van der Waals surface area contributed by atoms with Crippen molar-refractivity contribution in [2.24, 2.45) is 5.92 Å². The molecule has 0 aromatic heterocycles. The third kappa shape index (κ3) is 2.77. The third-order valence-corrected chi connectivity index (χ3v) is 3.08. The monoisotopic (exact) mass is 235 g/mol. The summed E-state index contributed by atoms with van der Waals surface area (Å²) in [5.41, 5.74) is 0.790. The minimum atomic E-state index is -0.0393. The summed E-state index contributed by atoms with van der Waals surface area (Å²) in [5.74, 6) is 0.244. The summed E-state index contributed by atoms with van der Waals surface area (Å²) in [6.07, 6.45) is 1.83. The molecule has 1 unspecified atom stereocenters. The van der Waals surface area contributed by atoms with Crippen molar-refractivity contribution in [1.82, 2.24) is 0 Å². The number of phenols is 1. The van der Waals surface area contributed by atoms with Crippen molar-refractivity contribution < 1.29 is 14.6 Å². The van der Waals surface area contributed by atoms with Gasteiger partial charge in [0, 0.05) is 19.3 Å². The van der Waals surface area contributed by atoms with E-state index in [1.54, 1.807) is 36.2 Å². The Kier molecular flexibility index (Phi) is 3.64. The van der Waals surface area contributed by atoms with Crippen LogP contribution in [0.1, 0.15) is 12.8 Å². The molecular formula is C13H17NO3. The summed E-state index contributed by atoms with van der Waals surface area (Å²) in [4.78, 5) is 13.8. The summed E-state index contributed by atoms with van der Waals surface area (Å²) in [5, 5.41) is 9.20. The van der Waals surface area contributed by atoms with E-state index in [2.05, 4.69) is 0 Å². The van der Waals surface area contributed by atoms with Crippen LogP contribution < -0.4 is 4.90 Å². The fourth-order valence-electron chi connectivity index (χ4n) is 2.01. The van der Waals surface area contributed by atoms with Crippen LogP contribution in [0.5, 0.6) is 5.75 Å². The predicted molar refractivity (Wildman–Crippen MR) is 65.1 cm³/mol. The van der Waals surface area contributed by atoms with Crippen molar-refractivity contribution in [3.8, 4) is 5.75 Å². The minimum absolute atomic E-state index is 0.0393. The lowest BCUT2D eigenvalue weighted by molar-refractivity contribution is -0.125. The quantitative estimate of drug-likeness (QED) is 0.850. The Balaban J connectivity index is 2.05. The summed E-state index contributed by atoms with van der Waals surface area (Å²) in [6.45, 7) is 1.27. The van der Waals surface area contributed by atoms with E-state index in [0.29, 0.717) is 6.61 Å². The molecule has 0 spiro atoms. The average Bonchev–Trinajstić information content (AvgIpc) is 2.39. The highest BCUT2D eigenvalue weighted by atomic mass is 16.5. The van der Waals surface area contributed by atoms with Crippen LogP contribution in [-0.4, -0.2) is 31.3 Å². The molecule has 1 aromatic carbocycles. The van der Waals surface area contributed by atoms with Gasteiger partial charge in [0.2, 0.25) is 5.91 Å². The predicted octanol–water partition coefficient (Wildman–Crippen LogP) is 1.78. The lowest BCUT2D eigenvalue weighted by atomic mass is 10.0. The van der Waals surface area contributed by atoms with E-state index in [-0.39, 0.29) is 17.6 Å². The summed E-state index contributed by atoms with van der Waals surface area (Å²) < 4.78 is 5.32. The second kappa shape index (κ2) is 5.19. The van der Waals surface area contributed by atoms with Crippen LogP contribution in [0.25, 0.3) is 0 Å². The maximum atomic E-state index is 12.2. The summed E-state index contributed by atoms with van der Waals surface area (Å²) >= 11 is 0. The Morgan fingerprint density at radius 2 is 2.12 bits per heavy atom. The largest absolute Gasteiger partial charge is 0.508 e. The smallest absolute Gasteiger partial charge is 0.232 e. The van der Waals surface area contributed by atoms with Crippen molar-refractivity contribution in [2.45, 2.75) is 12.8 Å². The topological polar surface area (TPSA) is 49.8 Å². The Bertz CT molecular complexity index is 382. The molecule has 92 valence electrons. The van der Waals surface area contributed by atoms with E-state index < -0.39 is 0 Å². The molecular weight excluding hydrogens is 218 g/mol. The van der Waals surface area contributed by atoms with Crippen molar-refractivity contribution >= 4 is 11.6 Å². The zero-order valence-electron chi connectivity index (χ0n) is 9.93. The number of nitrogens with zero attached hydrogens (tertiary/aromatic N) is 1. The fraction of sp³-hybridized carbons (Fsp3) is 0.462. The molecule has 17 heavy (non-hydrogen) atoms. The first kappa shape index (κ1) is 11.9. The Labute approximate surface area is 101 Å². The molecule has 0 radical (unpaired) electrons. The molecule has 1 atom stereocenters. The van der Waals surface area contributed by atoms with Gasteiger partial charge in [0.05, 0.1) is 12.5 Å². The molecule has 1 N–H and O–H groups in total. The maximum Gasteiger partial charge on any atom is 0.232 e. The van der Waals surface area contributed by atoms with E-state index in [9.17, 15) is 9.90 Å². The van der Waals surface area contributed by atoms with Gasteiger partial charge in [-0.1, -0.05) is 0 Å². The molecule has 1 amide bonds. The first-order valence-electron chi connectivity index (χ1n) is 5.83. The van der Waals surface area contributed by atoms with Gasteiger partial charge in [0.25, 0.3) is 0 Å². The molecule has 0 saturated carbocycles. The number of carbonyl (C=O) groups excluding carboxylic acids is 1. The summed E-state index contributed by atoms with van der Waals surface area (Å²) in [6, 6.07) is 6.63. The highest BCUT2D eigenvalue weighted by Crippen LogP contribution is 2.22. The average molecular weight is 235 g/mol. The number of ether oxygens (including phenoxy) is 1. The normalized spacial score (nSPS) is 19.9. The number of hydrogen-bond acceptors (Lipinski definition) is 3. The number of hydrogen-bond donors (Lipinski definition) is 1. The molecule has 2 rings (SSSR count). The van der Waals surface area contributed by atoms with Crippen molar-refractivity contribution in [3.63, 3.8) is 0 Å². The molecule has 0 aliphatic carbocycles. The zero-order chi connectivity index (χ0) is 12.3. The van der Waals surface area contributed by atoms with Gasteiger partial charge in [-0.3, -0.25) is 4.79 Å². The first-order chi connectivity index (χ1) is 8.18. The molecule has 1 heterocycles. The Hall–Kier alpha value is -1.55. The van der Waals surface area contributed by atoms with Gasteiger partial charge >= 0.3 is 0 Å². The van der Waals surface area contributed by atoms with Gasteiger partial charge in [0.1, 0.15) is 5.75 Å². The first-order valence-corrected chi connectivity index (χ1v) is 5.83. The second-order valence-electron chi connectivity index (χ2n) is 4.33. The van der Waals surface area contributed by atoms with Gasteiger partial charge in [-0.2, -0.15) is 0 Å². The van der Waals surface area contributed by atoms with Crippen LogP contribution in [0, 0.1) is 5.92 Å². The third-order valence-electron chi connectivity index (χ3n) is 3.08. The number of amides is 1. The van der Waals surface area contributed by atoms with E-state index in [0.717, 1.165) is 25.1 Å². The van der Waals surface area contributed by atoms with E-state index in [1.807, 2.05) is 0 Å². The van der Waals surface area contributed by atoms with E-state index in [4.69, 9.17) is 4.74 Å². The zero-order valence-corrected chi connectivity index (χ0v) is 9.93. The standard InChI is InChI=1S/C13H17NO3/c1-14(11-4-6-12(15)7-5-11)13(16)10-3-2-8-17-9-10/h4-7,10,15H,2-3,8-9H2,1H3. The van der Waals surface area contributed by atoms with E-state index in [1.165, 1.54) is 0 Å². The highest BCUT2D eigenvalue weighted by Gasteiger charge is 2.25. The number of anilines is 1. The number of benzene rings is 1. The van der Waals surface area contributed by atoms with Crippen molar-refractivity contribution in [2.75, 3.05) is 25.2 Å². The van der Waals surface area contributed by atoms with Crippen LogP contribution in [0.3, 0.4) is 0 Å². The molecule has 1 fully saturated rings. The van der Waals surface area contributed by atoms with Gasteiger partial charge in [-0.25, -0.2) is 0 Å². The molecule has 1 saturated heterocycles. The molecule has 1 aliphatic rings. The fourth-order valence-corrected chi connectivity index (χ4v) is 2.01. The molecule has 1 aromatic rings. The maximum absolute atomic E-state index is 12.2. The number of phenolic OH excluding ortho intramolecular Hbond substituents is 1. The summed E-state index contributed by atoms with van der Waals surface area (Å²) in [7, 11) is 1.75.